The molecular weight excluding hydrogens is 160 g/mol. The highest BCUT2D eigenvalue weighted by Gasteiger charge is 2.06. The standard InChI is InChI=1S/C7H12N2O3/c10-4-7(11)9-8-6-2-1-3-12-5-6/h10H,1-5H2,(H,9,11)/b8-6-. The third kappa shape index (κ3) is 2.98. The van der Waals surface area contributed by atoms with Crippen LogP contribution in [0.4, 0.5) is 0 Å². The first-order valence-electron chi connectivity index (χ1n) is 3.86. The molecule has 2 N–H and O–H groups in total. The number of hydrazone groups is 1. The molecule has 1 rings (SSSR count). The number of amides is 1. The molecule has 5 nitrogen and oxygen atoms in total. The van der Waals surface area contributed by atoms with E-state index in [2.05, 4.69) is 10.5 Å². The lowest BCUT2D eigenvalue weighted by Crippen LogP contribution is -2.25. The molecule has 0 aromatic rings. The molecule has 0 spiro atoms. The summed E-state index contributed by atoms with van der Waals surface area (Å²) < 4.78 is 5.10. The van der Waals surface area contributed by atoms with Crippen LogP contribution in [0.2, 0.25) is 0 Å². The molecule has 0 unspecified atom stereocenters. The smallest absolute Gasteiger partial charge is 0.265 e. The molecule has 0 saturated carbocycles. The van der Waals surface area contributed by atoms with Crippen LogP contribution in [0.15, 0.2) is 5.10 Å². The van der Waals surface area contributed by atoms with Crippen molar-refractivity contribution in [1.29, 1.82) is 0 Å². The van der Waals surface area contributed by atoms with Gasteiger partial charge in [-0.1, -0.05) is 0 Å². The lowest BCUT2D eigenvalue weighted by atomic mass is 10.2. The molecule has 1 aliphatic heterocycles. The van der Waals surface area contributed by atoms with Crippen LogP contribution in [0.25, 0.3) is 0 Å². The van der Waals surface area contributed by atoms with E-state index in [1.807, 2.05) is 0 Å². The van der Waals surface area contributed by atoms with Gasteiger partial charge in [-0.2, -0.15) is 5.10 Å². The van der Waals surface area contributed by atoms with E-state index in [0.717, 1.165) is 25.2 Å². The molecule has 0 radical (unpaired) electrons. The minimum atomic E-state index is -0.530. The number of aliphatic hydroxyl groups excluding tert-OH is 1. The number of hydrogen-bond acceptors (Lipinski definition) is 4. The van der Waals surface area contributed by atoms with E-state index >= 15 is 0 Å². The van der Waals surface area contributed by atoms with E-state index in [9.17, 15) is 4.79 Å². The molecule has 1 aliphatic rings. The molecule has 0 aromatic carbocycles. The number of nitrogens with one attached hydrogen (secondary N) is 1. The molecule has 0 atom stereocenters. The van der Waals surface area contributed by atoms with E-state index in [1.165, 1.54) is 0 Å². The maximum absolute atomic E-state index is 10.5. The molecule has 12 heavy (non-hydrogen) atoms. The fourth-order valence-electron chi connectivity index (χ4n) is 0.905. The second kappa shape index (κ2) is 4.84. The zero-order valence-electron chi connectivity index (χ0n) is 6.75. The molecular formula is C7H12N2O3. The van der Waals surface area contributed by atoms with Crippen molar-refractivity contribution in [2.75, 3.05) is 19.8 Å². The second-order valence-corrected chi connectivity index (χ2v) is 2.53. The SMILES string of the molecule is O=C(CO)N/N=C1/CCCOC1. The van der Waals surface area contributed by atoms with Crippen LogP contribution < -0.4 is 5.43 Å². The first-order valence-corrected chi connectivity index (χ1v) is 3.86. The van der Waals surface area contributed by atoms with E-state index in [1.54, 1.807) is 0 Å². The van der Waals surface area contributed by atoms with Crippen molar-refractivity contribution >= 4 is 11.6 Å². The first kappa shape index (κ1) is 9.15. The Kier molecular flexibility index (Phi) is 3.69. The minimum Gasteiger partial charge on any atom is -0.386 e. The van der Waals surface area contributed by atoms with Crippen LogP contribution in [0.3, 0.4) is 0 Å². The highest BCUT2D eigenvalue weighted by molar-refractivity contribution is 5.87. The average Bonchev–Trinajstić information content (AvgIpc) is 2.16. The number of carbonyl (C=O) groups is 1. The predicted molar refractivity (Wildman–Crippen MR) is 42.7 cm³/mol. The van der Waals surface area contributed by atoms with Crippen molar-refractivity contribution in [2.24, 2.45) is 5.10 Å². The Hall–Kier alpha value is -0.940. The summed E-state index contributed by atoms with van der Waals surface area (Å²) in [4.78, 5) is 10.5. The Balaban J connectivity index is 2.29. The number of rotatable bonds is 2. The van der Waals surface area contributed by atoms with Crippen molar-refractivity contribution in [2.45, 2.75) is 12.8 Å². The van der Waals surface area contributed by atoms with Crippen LogP contribution >= 0.6 is 0 Å². The van der Waals surface area contributed by atoms with Crippen molar-refractivity contribution < 1.29 is 14.6 Å². The van der Waals surface area contributed by atoms with Gasteiger partial charge in [0.15, 0.2) is 0 Å². The largest absolute Gasteiger partial charge is 0.386 e. The quantitative estimate of drug-likeness (QED) is 0.539. The maximum Gasteiger partial charge on any atom is 0.265 e. The van der Waals surface area contributed by atoms with Crippen LogP contribution in [-0.4, -0.2) is 36.5 Å². The lowest BCUT2D eigenvalue weighted by Gasteiger charge is -2.12. The van der Waals surface area contributed by atoms with Gasteiger partial charge in [-0.15, -0.1) is 0 Å². The lowest BCUT2D eigenvalue weighted by molar-refractivity contribution is -0.123. The molecule has 0 aliphatic carbocycles. The van der Waals surface area contributed by atoms with Gasteiger partial charge < -0.3 is 9.84 Å². The van der Waals surface area contributed by atoms with Crippen LogP contribution in [0.5, 0.6) is 0 Å². The van der Waals surface area contributed by atoms with E-state index < -0.39 is 12.5 Å². The molecule has 1 heterocycles. The van der Waals surface area contributed by atoms with Gasteiger partial charge in [-0.3, -0.25) is 4.79 Å². The Bertz CT molecular complexity index is 183. The van der Waals surface area contributed by atoms with Gasteiger partial charge in [-0.05, 0) is 12.8 Å². The zero-order valence-corrected chi connectivity index (χ0v) is 6.75. The number of carbonyl (C=O) groups excluding carboxylic acids is 1. The Morgan fingerprint density at radius 2 is 2.58 bits per heavy atom. The number of aliphatic hydroxyl groups is 1. The molecule has 0 bridgehead atoms. The van der Waals surface area contributed by atoms with Gasteiger partial charge in [0, 0.05) is 6.61 Å². The van der Waals surface area contributed by atoms with Crippen LogP contribution in [-0.2, 0) is 9.53 Å². The third-order valence-electron chi connectivity index (χ3n) is 1.51. The van der Waals surface area contributed by atoms with Crippen molar-refractivity contribution in [3.63, 3.8) is 0 Å². The Labute approximate surface area is 70.4 Å². The summed E-state index contributed by atoms with van der Waals surface area (Å²) in [6.45, 7) is 0.705. The molecule has 68 valence electrons. The zero-order chi connectivity index (χ0) is 8.81. The van der Waals surface area contributed by atoms with Gasteiger partial charge in [0.25, 0.3) is 5.91 Å². The van der Waals surface area contributed by atoms with Gasteiger partial charge in [0.05, 0.1) is 12.3 Å². The first-order chi connectivity index (χ1) is 5.83. The number of ether oxygens (including phenoxy) is 1. The van der Waals surface area contributed by atoms with Gasteiger partial charge in [0.1, 0.15) is 6.61 Å². The summed E-state index contributed by atoms with van der Waals surface area (Å²) in [6, 6.07) is 0. The maximum atomic E-state index is 10.5. The molecule has 1 amide bonds. The molecule has 1 saturated heterocycles. The average molecular weight is 172 g/mol. The highest BCUT2D eigenvalue weighted by atomic mass is 16.5. The summed E-state index contributed by atoms with van der Waals surface area (Å²) in [6.07, 6.45) is 1.79. The molecule has 0 aromatic heterocycles. The summed E-state index contributed by atoms with van der Waals surface area (Å²) in [5, 5.41) is 12.1. The fraction of sp³-hybridized carbons (Fsp3) is 0.714. The summed E-state index contributed by atoms with van der Waals surface area (Å²) >= 11 is 0. The van der Waals surface area contributed by atoms with E-state index in [4.69, 9.17) is 9.84 Å². The van der Waals surface area contributed by atoms with Gasteiger partial charge in [-0.25, -0.2) is 5.43 Å². The van der Waals surface area contributed by atoms with Crippen LogP contribution in [0, 0.1) is 0 Å². The van der Waals surface area contributed by atoms with Gasteiger partial charge >= 0.3 is 0 Å². The number of hydrogen-bond donors (Lipinski definition) is 2. The molecule has 1 fully saturated rings. The van der Waals surface area contributed by atoms with Crippen molar-refractivity contribution in [3.8, 4) is 0 Å². The monoisotopic (exact) mass is 172 g/mol. The number of nitrogens with zero attached hydrogens (tertiary/aromatic N) is 1. The Morgan fingerprint density at radius 3 is 3.17 bits per heavy atom. The normalized spacial score (nSPS) is 20.9. The Morgan fingerprint density at radius 1 is 1.75 bits per heavy atom. The van der Waals surface area contributed by atoms with E-state index in [-0.39, 0.29) is 0 Å². The summed E-state index contributed by atoms with van der Waals surface area (Å²) in [5.74, 6) is -0.493. The minimum absolute atomic E-state index is 0.478. The predicted octanol–water partition coefficient (Wildman–Crippen LogP) is -0.739. The van der Waals surface area contributed by atoms with Crippen molar-refractivity contribution in [1.82, 2.24) is 5.43 Å². The summed E-state index contributed by atoms with van der Waals surface area (Å²) in [5.41, 5.74) is 3.04. The van der Waals surface area contributed by atoms with Crippen molar-refractivity contribution in [3.05, 3.63) is 0 Å². The second-order valence-electron chi connectivity index (χ2n) is 2.53. The highest BCUT2D eigenvalue weighted by Crippen LogP contribution is 2.01. The van der Waals surface area contributed by atoms with E-state index in [0.29, 0.717) is 6.61 Å². The molecule has 5 heteroatoms. The van der Waals surface area contributed by atoms with Crippen LogP contribution in [0.1, 0.15) is 12.8 Å². The summed E-state index contributed by atoms with van der Waals surface area (Å²) in [7, 11) is 0. The van der Waals surface area contributed by atoms with Gasteiger partial charge in [0.2, 0.25) is 0 Å². The third-order valence-corrected chi connectivity index (χ3v) is 1.51. The topological polar surface area (TPSA) is 70.9 Å². The fourth-order valence-corrected chi connectivity index (χ4v) is 0.905.